The van der Waals surface area contributed by atoms with Crippen molar-refractivity contribution in [2.45, 2.75) is 143 Å². The highest BCUT2D eigenvalue weighted by Gasteiger charge is 2.30. The number of anilines is 2. The SMILES string of the molecule is C#CCNc1ccc(C(C)(C)C#N)nc1.CCn1c(Br)nc2cc(CN(C(=O)OC(C)(C)C)C3CCOCC3)ccc21.CCn1c(C#CCNc2ccc(C(C)(C)C#N)nc2)nc2cc(CNC3CCOCC3)ccc21. The van der Waals surface area contributed by atoms with E-state index >= 15 is 0 Å². The lowest BCUT2D eigenvalue weighted by Gasteiger charge is -2.35. The molecule has 2 fully saturated rings. The molecule has 6 heterocycles. The Hall–Kier alpha value is -6.99. The summed E-state index contributed by atoms with van der Waals surface area (Å²) in [5.74, 6) is 9.65. The molecule has 0 radical (unpaired) electrons. The van der Waals surface area contributed by atoms with Crippen molar-refractivity contribution in [2.75, 3.05) is 50.2 Å². The first kappa shape index (κ1) is 58.3. The number of carbonyl (C=O) groups excluding carboxylic acids is 1. The van der Waals surface area contributed by atoms with E-state index in [1.807, 2.05) is 77.6 Å². The van der Waals surface area contributed by atoms with Gasteiger partial charge in [0.15, 0.2) is 10.6 Å². The van der Waals surface area contributed by atoms with Gasteiger partial charge < -0.3 is 44.2 Å². The molecule has 17 heteroatoms. The van der Waals surface area contributed by atoms with Crippen LogP contribution in [0.25, 0.3) is 22.1 Å². The zero-order valence-electron chi connectivity index (χ0n) is 45.6. The maximum atomic E-state index is 12.9. The first-order chi connectivity index (χ1) is 36.4. The molecule has 400 valence electrons. The molecule has 1 amide bonds. The van der Waals surface area contributed by atoms with Crippen molar-refractivity contribution in [1.82, 2.24) is 39.3 Å². The van der Waals surface area contributed by atoms with Crippen LogP contribution >= 0.6 is 15.9 Å². The summed E-state index contributed by atoms with van der Waals surface area (Å²) in [5.41, 5.74) is 7.97. The number of aryl methyl sites for hydroxylation is 2. The summed E-state index contributed by atoms with van der Waals surface area (Å²) in [4.78, 5) is 32.7. The van der Waals surface area contributed by atoms with Gasteiger partial charge in [0.05, 0.1) is 93.3 Å². The number of terminal acetylenes is 1. The van der Waals surface area contributed by atoms with Crippen molar-refractivity contribution in [3.05, 3.63) is 106 Å². The van der Waals surface area contributed by atoms with Crippen LogP contribution in [0.15, 0.2) is 77.8 Å². The van der Waals surface area contributed by atoms with Gasteiger partial charge in [0.1, 0.15) is 5.60 Å². The third-order valence-corrected chi connectivity index (χ3v) is 13.6. The molecule has 0 unspecified atom stereocenters. The molecule has 2 aliphatic rings. The van der Waals surface area contributed by atoms with Gasteiger partial charge in [-0.2, -0.15) is 10.5 Å². The van der Waals surface area contributed by atoms with Crippen molar-refractivity contribution in [3.8, 4) is 36.3 Å². The highest BCUT2D eigenvalue weighted by atomic mass is 79.9. The lowest BCUT2D eigenvalue weighted by atomic mass is 9.91. The third kappa shape index (κ3) is 16.3. The minimum absolute atomic E-state index is 0.129. The fourth-order valence-corrected chi connectivity index (χ4v) is 9.17. The molecule has 0 atom stereocenters. The van der Waals surface area contributed by atoms with Gasteiger partial charge >= 0.3 is 6.09 Å². The molecule has 8 rings (SSSR count). The average molecular weight is 1090 g/mol. The van der Waals surface area contributed by atoms with Crippen molar-refractivity contribution < 1.29 is 19.0 Å². The number of pyridine rings is 2. The summed E-state index contributed by atoms with van der Waals surface area (Å²) >= 11 is 3.52. The van der Waals surface area contributed by atoms with Crippen LogP contribution in [-0.2, 0) is 51.2 Å². The summed E-state index contributed by atoms with van der Waals surface area (Å²) in [6.45, 7) is 24.3. The number of hydrogen-bond donors (Lipinski definition) is 3. The Labute approximate surface area is 457 Å². The molecule has 6 aromatic rings. The second kappa shape index (κ2) is 27.2. The van der Waals surface area contributed by atoms with Gasteiger partial charge in [0.2, 0.25) is 0 Å². The van der Waals surface area contributed by atoms with E-state index in [1.165, 1.54) is 5.56 Å². The summed E-state index contributed by atoms with van der Waals surface area (Å²) in [7, 11) is 0. The number of halogens is 1. The first-order valence-electron chi connectivity index (χ1n) is 26.1. The van der Waals surface area contributed by atoms with Crippen LogP contribution in [-0.4, -0.2) is 97.3 Å². The van der Waals surface area contributed by atoms with E-state index in [0.29, 0.717) is 38.9 Å². The maximum Gasteiger partial charge on any atom is 0.410 e. The van der Waals surface area contributed by atoms with Crippen molar-refractivity contribution in [2.24, 2.45) is 0 Å². The number of benzene rings is 2. The van der Waals surface area contributed by atoms with Crippen LogP contribution in [0.1, 0.15) is 116 Å². The normalized spacial score (nSPS) is 14.1. The van der Waals surface area contributed by atoms with Gasteiger partial charge in [-0.25, -0.2) is 14.8 Å². The Morgan fingerprint density at radius 2 is 1.30 bits per heavy atom. The number of nitrogens with zero attached hydrogens (tertiary/aromatic N) is 9. The van der Waals surface area contributed by atoms with E-state index in [1.54, 1.807) is 12.4 Å². The maximum absolute atomic E-state index is 12.9. The Bertz CT molecular complexity index is 3060. The number of hydrogen-bond acceptors (Lipinski definition) is 13. The third-order valence-electron chi connectivity index (χ3n) is 13.0. The minimum Gasteiger partial charge on any atom is -0.444 e. The van der Waals surface area contributed by atoms with Gasteiger partial charge in [-0.15, -0.1) is 6.42 Å². The van der Waals surface area contributed by atoms with Gasteiger partial charge in [-0.05, 0) is 170 Å². The molecule has 2 saturated heterocycles. The first-order valence-corrected chi connectivity index (χ1v) is 26.9. The van der Waals surface area contributed by atoms with E-state index in [-0.39, 0.29) is 12.1 Å². The van der Waals surface area contributed by atoms with Crippen LogP contribution in [0.3, 0.4) is 0 Å². The van der Waals surface area contributed by atoms with Crippen LogP contribution < -0.4 is 16.0 Å². The smallest absolute Gasteiger partial charge is 0.410 e. The fourth-order valence-electron chi connectivity index (χ4n) is 8.54. The van der Waals surface area contributed by atoms with E-state index in [0.717, 1.165) is 119 Å². The van der Waals surface area contributed by atoms with Crippen molar-refractivity contribution in [1.29, 1.82) is 10.5 Å². The van der Waals surface area contributed by atoms with Crippen LogP contribution in [0, 0.1) is 46.8 Å². The number of ether oxygens (including phenoxy) is 3. The summed E-state index contributed by atoms with van der Waals surface area (Å²) < 4.78 is 21.7. The van der Waals surface area contributed by atoms with E-state index in [9.17, 15) is 10.1 Å². The van der Waals surface area contributed by atoms with Crippen molar-refractivity contribution >= 4 is 55.5 Å². The molecule has 0 aliphatic carbocycles. The zero-order valence-corrected chi connectivity index (χ0v) is 47.2. The molecular formula is C59H73BrN12O4. The predicted molar refractivity (Wildman–Crippen MR) is 303 cm³/mol. The molecule has 0 saturated carbocycles. The van der Waals surface area contributed by atoms with E-state index < -0.39 is 16.4 Å². The topological polar surface area (TPSA) is 193 Å². The number of nitrogens with one attached hydrogen (secondary N) is 3. The van der Waals surface area contributed by atoms with Gasteiger partial charge in [0.25, 0.3) is 0 Å². The highest BCUT2D eigenvalue weighted by Crippen LogP contribution is 2.27. The molecule has 2 aromatic carbocycles. The van der Waals surface area contributed by atoms with Gasteiger partial charge in [-0.1, -0.05) is 24.0 Å². The highest BCUT2D eigenvalue weighted by molar-refractivity contribution is 9.10. The molecule has 4 aromatic heterocycles. The van der Waals surface area contributed by atoms with E-state index in [2.05, 4.69) is 136 Å². The Morgan fingerprint density at radius 1 is 0.763 bits per heavy atom. The standard InChI is InChI=1S/C27H32N6O.C20H28BrN3O3.C12H13N3/c1-4-33-24-9-7-20(17-30-21-11-14-34-15-12-21)16-23(24)32-26(33)6-5-13-29-22-8-10-25(31-18-22)27(2,3)19-28;1-5-23-17-7-6-14(12-16(17)22-18(23)21)13-24(15-8-10-26-11-9-15)19(25)27-20(2,3)4;1-4-7-14-10-5-6-11(15-8-10)12(2,3)9-13/h7-10,16,18,21,29-30H,4,11-15,17H2,1-3H3;6-7,12,15H,5,8-11,13H2,1-4H3;1,5-6,8,14H,7H2,2-3H3. The number of amides is 1. The molecule has 3 N–H and O–H groups in total. The molecular weight excluding hydrogens is 1020 g/mol. The van der Waals surface area contributed by atoms with Crippen LogP contribution in [0.4, 0.5) is 16.2 Å². The monoisotopic (exact) mass is 1090 g/mol. The summed E-state index contributed by atoms with van der Waals surface area (Å²) in [6.07, 6.45) is 12.1. The largest absolute Gasteiger partial charge is 0.444 e. The van der Waals surface area contributed by atoms with Gasteiger partial charge in [-0.3, -0.25) is 9.97 Å². The Kier molecular flexibility index (Phi) is 20.8. The number of rotatable bonds is 14. The second-order valence-corrected chi connectivity index (χ2v) is 21.4. The van der Waals surface area contributed by atoms with E-state index in [4.69, 9.17) is 30.9 Å². The molecule has 0 spiro atoms. The van der Waals surface area contributed by atoms with Crippen molar-refractivity contribution in [3.63, 3.8) is 0 Å². The summed E-state index contributed by atoms with van der Waals surface area (Å²) in [5, 5.41) is 28.1. The number of nitriles is 2. The predicted octanol–water partition coefficient (Wildman–Crippen LogP) is 10.6. The quantitative estimate of drug-likeness (QED) is 0.0874. The van der Waals surface area contributed by atoms with Gasteiger partial charge in [0, 0.05) is 64.7 Å². The molecule has 76 heavy (non-hydrogen) atoms. The van der Waals surface area contributed by atoms with Crippen LogP contribution in [0.5, 0.6) is 0 Å². The summed E-state index contributed by atoms with van der Waals surface area (Å²) in [6, 6.07) is 25.3. The lowest BCUT2D eigenvalue weighted by molar-refractivity contribution is -0.00808. The molecule has 2 aliphatic heterocycles. The number of carbonyl (C=O) groups is 1. The van der Waals surface area contributed by atoms with Crippen LogP contribution in [0.2, 0.25) is 0 Å². The number of fused-ring (bicyclic) bond motifs is 2. The molecule has 0 bridgehead atoms. The lowest BCUT2D eigenvalue weighted by Crippen LogP contribution is -2.45. The number of imidazole rings is 2. The Morgan fingerprint density at radius 3 is 1.84 bits per heavy atom. The minimum atomic E-state index is -0.599. The fraction of sp³-hybridized carbons (Fsp3) is 0.475. The second-order valence-electron chi connectivity index (χ2n) is 20.7. The average Bonchev–Trinajstić information content (AvgIpc) is 3.96. The molecule has 16 nitrogen and oxygen atoms in total. The zero-order chi connectivity index (χ0) is 54.9. The Balaban J connectivity index is 0.000000199. The number of aromatic nitrogens is 6.